The Bertz CT molecular complexity index is 895. The highest BCUT2D eigenvalue weighted by Crippen LogP contribution is 2.21. The summed E-state index contributed by atoms with van der Waals surface area (Å²) in [6, 6.07) is 12.0. The first kappa shape index (κ1) is 19.3. The van der Waals surface area contributed by atoms with Crippen molar-refractivity contribution in [1.82, 2.24) is 0 Å². The van der Waals surface area contributed by atoms with Crippen molar-refractivity contribution < 1.29 is 22.7 Å². The molecule has 0 saturated heterocycles. The van der Waals surface area contributed by atoms with E-state index in [0.717, 1.165) is 0 Å². The van der Waals surface area contributed by atoms with Crippen LogP contribution in [0.5, 0.6) is 0 Å². The van der Waals surface area contributed by atoms with Crippen LogP contribution in [-0.2, 0) is 19.6 Å². The van der Waals surface area contributed by atoms with Gasteiger partial charge in [0.2, 0.25) is 5.91 Å². The lowest BCUT2D eigenvalue weighted by Crippen LogP contribution is -2.15. The third-order valence-electron chi connectivity index (χ3n) is 3.12. The minimum atomic E-state index is -3.82. The second kappa shape index (κ2) is 8.34. The first-order valence-electron chi connectivity index (χ1n) is 7.74. The first-order valence-corrected chi connectivity index (χ1v) is 9.23. The fourth-order valence-corrected chi connectivity index (χ4v) is 3.13. The van der Waals surface area contributed by atoms with Gasteiger partial charge >= 0.3 is 6.09 Å². The quantitative estimate of drug-likeness (QED) is 0.716. The highest BCUT2D eigenvalue weighted by molar-refractivity contribution is 7.92. The van der Waals surface area contributed by atoms with Gasteiger partial charge in [-0.25, -0.2) is 13.2 Å². The SMILES string of the molecule is CCOC(=O)Nc1ccc(S(=O)(=O)Nc2cccc(NC(C)=O)c2)cc1. The summed E-state index contributed by atoms with van der Waals surface area (Å²) in [7, 11) is -3.82. The fraction of sp³-hybridized carbons (Fsp3) is 0.176. The van der Waals surface area contributed by atoms with Gasteiger partial charge in [-0.05, 0) is 49.4 Å². The monoisotopic (exact) mass is 377 g/mol. The van der Waals surface area contributed by atoms with Gasteiger partial charge in [-0.1, -0.05) is 6.07 Å². The van der Waals surface area contributed by atoms with Crippen LogP contribution in [-0.4, -0.2) is 27.0 Å². The summed E-state index contributed by atoms with van der Waals surface area (Å²) >= 11 is 0. The summed E-state index contributed by atoms with van der Waals surface area (Å²) in [6.45, 7) is 3.28. The maximum Gasteiger partial charge on any atom is 0.411 e. The number of carbonyl (C=O) groups excluding carboxylic acids is 2. The molecule has 0 spiro atoms. The zero-order valence-electron chi connectivity index (χ0n) is 14.3. The molecule has 0 bridgehead atoms. The molecule has 0 aliphatic heterocycles. The van der Waals surface area contributed by atoms with Gasteiger partial charge in [0.1, 0.15) is 0 Å². The molecule has 2 rings (SSSR count). The van der Waals surface area contributed by atoms with Crippen LogP contribution in [0.4, 0.5) is 21.9 Å². The molecule has 0 aliphatic rings. The molecule has 2 amide bonds. The number of nitrogens with one attached hydrogen (secondary N) is 3. The predicted molar refractivity (Wildman–Crippen MR) is 98.6 cm³/mol. The maximum absolute atomic E-state index is 12.5. The van der Waals surface area contributed by atoms with Gasteiger partial charge < -0.3 is 10.1 Å². The Balaban J connectivity index is 2.12. The second-order valence-corrected chi connectivity index (χ2v) is 6.92. The van der Waals surface area contributed by atoms with Gasteiger partial charge in [0, 0.05) is 18.3 Å². The molecule has 3 N–H and O–H groups in total. The van der Waals surface area contributed by atoms with Crippen LogP contribution < -0.4 is 15.4 Å². The Morgan fingerprint density at radius 1 is 0.962 bits per heavy atom. The smallest absolute Gasteiger partial charge is 0.411 e. The van der Waals surface area contributed by atoms with E-state index < -0.39 is 16.1 Å². The molecular weight excluding hydrogens is 358 g/mol. The molecule has 0 aromatic heterocycles. The van der Waals surface area contributed by atoms with E-state index in [2.05, 4.69) is 15.4 Å². The fourth-order valence-electron chi connectivity index (χ4n) is 2.08. The molecule has 0 radical (unpaired) electrons. The van der Waals surface area contributed by atoms with Crippen molar-refractivity contribution in [2.75, 3.05) is 22.0 Å². The summed E-state index contributed by atoms with van der Waals surface area (Å²) in [5, 5.41) is 5.06. The number of hydrogen-bond donors (Lipinski definition) is 3. The van der Waals surface area contributed by atoms with Crippen LogP contribution in [0.25, 0.3) is 0 Å². The predicted octanol–water partition coefficient (Wildman–Crippen LogP) is 3.01. The molecule has 0 saturated carbocycles. The van der Waals surface area contributed by atoms with Crippen LogP contribution >= 0.6 is 0 Å². The first-order chi connectivity index (χ1) is 12.3. The van der Waals surface area contributed by atoms with Gasteiger partial charge in [0.25, 0.3) is 10.0 Å². The lowest BCUT2D eigenvalue weighted by molar-refractivity contribution is -0.114. The van der Waals surface area contributed by atoms with Crippen molar-refractivity contribution in [2.45, 2.75) is 18.7 Å². The molecule has 26 heavy (non-hydrogen) atoms. The number of carbonyl (C=O) groups is 2. The molecule has 2 aromatic rings. The lowest BCUT2D eigenvalue weighted by Gasteiger charge is -2.11. The molecule has 0 atom stereocenters. The number of rotatable bonds is 6. The summed E-state index contributed by atoms with van der Waals surface area (Å²) in [6.07, 6.45) is -0.615. The molecule has 8 nitrogen and oxygen atoms in total. The summed E-state index contributed by atoms with van der Waals surface area (Å²) < 4.78 is 32.1. The minimum Gasteiger partial charge on any atom is -0.450 e. The van der Waals surface area contributed by atoms with Gasteiger partial charge in [-0.3, -0.25) is 14.8 Å². The third-order valence-corrected chi connectivity index (χ3v) is 4.52. The zero-order chi connectivity index (χ0) is 19.2. The number of anilines is 3. The summed E-state index contributed by atoms with van der Waals surface area (Å²) in [5.74, 6) is -0.255. The Morgan fingerprint density at radius 2 is 1.62 bits per heavy atom. The Kier molecular flexibility index (Phi) is 6.18. The Labute approximate surface area is 151 Å². The van der Waals surface area contributed by atoms with Crippen molar-refractivity contribution >= 4 is 39.1 Å². The maximum atomic E-state index is 12.5. The van der Waals surface area contributed by atoms with E-state index in [1.807, 2.05) is 0 Å². The molecule has 138 valence electrons. The van der Waals surface area contributed by atoms with Crippen molar-refractivity contribution in [3.63, 3.8) is 0 Å². The number of ether oxygens (including phenoxy) is 1. The van der Waals surface area contributed by atoms with E-state index in [9.17, 15) is 18.0 Å². The van der Waals surface area contributed by atoms with E-state index in [4.69, 9.17) is 4.74 Å². The highest BCUT2D eigenvalue weighted by Gasteiger charge is 2.15. The van der Waals surface area contributed by atoms with Crippen molar-refractivity contribution in [3.8, 4) is 0 Å². The van der Waals surface area contributed by atoms with Crippen LogP contribution in [0.15, 0.2) is 53.4 Å². The van der Waals surface area contributed by atoms with E-state index in [0.29, 0.717) is 17.1 Å². The summed E-state index contributed by atoms with van der Waals surface area (Å²) in [5.41, 5.74) is 1.20. The molecule has 9 heteroatoms. The van der Waals surface area contributed by atoms with E-state index in [1.165, 1.54) is 37.3 Å². The Morgan fingerprint density at radius 3 is 2.23 bits per heavy atom. The van der Waals surface area contributed by atoms with Gasteiger partial charge in [-0.2, -0.15) is 0 Å². The van der Waals surface area contributed by atoms with E-state index >= 15 is 0 Å². The minimum absolute atomic E-state index is 0.0249. The number of hydrogen-bond acceptors (Lipinski definition) is 5. The average Bonchev–Trinajstić information content (AvgIpc) is 2.55. The Hall–Kier alpha value is -3.07. The van der Waals surface area contributed by atoms with Crippen LogP contribution in [0, 0.1) is 0 Å². The highest BCUT2D eigenvalue weighted by atomic mass is 32.2. The average molecular weight is 377 g/mol. The molecule has 2 aromatic carbocycles. The molecule has 0 aliphatic carbocycles. The molecular formula is C17H19N3O5S. The largest absolute Gasteiger partial charge is 0.450 e. The van der Waals surface area contributed by atoms with Crippen molar-refractivity contribution in [1.29, 1.82) is 0 Å². The molecule has 0 fully saturated rings. The van der Waals surface area contributed by atoms with Gasteiger partial charge in [0.05, 0.1) is 17.2 Å². The second-order valence-electron chi connectivity index (χ2n) is 5.24. The van der Waals surface area contributed by atoms with E-state index in [1.54, 1.807) is 25.1 Å². The van der Waals surface area contributed by atoms with Crippen LogP contribution in [0.1, 0.15) is 13.8 Å². The van der Waals surface area contributed by atoms with Crippen LogP contribution in [0.3, 0.4) is 0 Å². The van der Waals surface area contributed by atoms with Gasteiger partial charge in [-0.15, -0.1) is 0 Å². The molecule has 0 heterocycles. The third kappa shape index (κ3) is 5.49. The number of benzene rings is 2. The van der Waals surface area contributed by atoms with Crippen LogP contribution in [0.2, 0.25) is 0 Å². The van der Waals surface area contributed by atoms with Crippen molar-refractivity contribution in [3.05, 3.63) is 48.5 Å². The topological polar surface area (TPSA) is 114 Å². The normalized spacial score (nSPS) is 10.7. The van der Waals surface area contributed by atoms with E-state index in [-0.39, 0.29) is 17.4 Å². The summed E-state index contributed by atoms with van der Waals surface area (Å²) in [4.78, 5) is 22.5. The number of amides is 2. The standard InChI is InChI=1S/C17H19N3O5S/c1-3-25-17(22)19-13-7-9-16(10-8-13)26(23,24)20-15-6-4-5-14(11-15)18-12(2)21/h4-11,20H,3H2,1-2H3,(H,18,21)(H,19,22). The lowest BCUT2D eigenvalue weighted by atomic mass is 10.3. The molecule has 0 unspecified atom stereocenters. The van der Waals surface area contributed by atoms with Crippen molar-refractivity contribution in [2.24, 2.45) is 0 Å². The zero-order valence-corrected chi connectivity index (χ0v) is 15.1. The number of sulfonamides is 1. The van der Waals surface area contributed by atoms with Gasteiger partial charge in [0.15, 0.2) is 0 Å².